The smallest absolute Gasteiger partial charge is 0.191 e. The maximum atomic E-state index is 5.52. The third-order valence-electron chi connectivity index (χ3n) is 5.59. The summed E-state index contributed by atoms with van der Waals surface area (Å²) in [6, 6.07) is 17.2. The zero-order valence-electron chi connectivity index (χ0n) is 18.2. The van der Waals surface area contributed by atoms with E-state index in [4.69, 9.17) is 4.74 Å². The fourth-order valence-electron chi connectivity index (χ4n) is 3.92. The number of methoxy groups -OCH3 is 1. The van der Waals surface area contributed by atoms with Crippen LogP contribution in [0.3, 0.4) is 0 Å². The van der Waals surface area contributed by atoms with E-state index >= 15 is 0 Å². The van der Waals surface area contributed by atoms with Crippen LogP contribution in [0.15, 0.2) is 72.2 Å². The molecule has 0 saturated carbocycles. The van der Waals surface area contributed by atoms with Gasteiger partial charge in [-0.3, -0.25) is 4.99 Å². The van der Waals surface area contributed by atoms with Crippen LogP contribution in [0.5, 0.6) is 5.75 Å². The van der Waals surface area contributed by atoms with E-state index in [0.717, 1.165) is 50.0 Å². The van der Waals surface area contributed by atoms with Gasteiger partial charge >= 0.3 is 0 Å². The van der Waals surface area contributed by atoms with Crippen LogP contribution < -0.4 is 20.3 Å². The average molecular weight is 419 g/mol. The van der Waals surface area contributed by atoms with Crippen LogP contribution >= 0.6 is 0 Å². The van der Waals surface area contributed by atoms with Gasteiger partial charge in [-0.25, -0.2) is 4.98 Å². The monoisotopic (exact) mass is 418 g/mol. The first kappa shape index (κ1) is 20.8. The number of guanidine groups is 1. The second-order valence-corrected chi connectivity index (χ2v) is 7.73. The molecule has 7 nitrogen and oxygen atoms in total. The molecule has 1 atom stereocenters. The summed E-state index contributed by atoms with van der Waals surface area (Å²) in [5.41, 5.74) is 3.62. The van der Waals surface area contributed by atoms with Gasteiger partial charge < -0.3 is 24.8 Å². The minimum Gasteiger partial charge on any atom is -0.495 e. The normalized spacial score (nSPS) is 16.4. The predicted molar refractivity (Wildman–Crippen MR) is 125 cm³/mol. The summed E-state index contributed by atoms with van der Waals surface area (Å²) in [6.07, 6.45) is 6.67. The molecule has 0 amide bonds. The topological polar surface area (TPSA) is 66.7 Å². The first-order valence-corrected chi connectivity index (χ1v) is 10.6. The number of hydrogen-bond donors (Lipinski definition) is 2. The number of ether oxygens (including phenoxy) is 1. The zero-order chi connectivity index (χ0) is 21.5. The Labute approximate surface area is 183 Å². The Balaban J connectivity index is 1.27. The lowest BCUT2D eigenvalue weighted by Gasteiger charge is -2.22. The van der Waals surface area contributed by atoms with Crippen molar-refractivity contribution in [3.8, 4) is 5.75 Å². The van der Waals surface area contributed by atoms with Crippen LogP contribution in [0.1, 0.15) is 17.5 Å². The van der Waals surface area contributed by atoms with Gasteiger partial charge in [-0.2, -0.15) is 0 Å². The van der Waals surface area contributed by atoms with Crippen molar-refractivity contribution in [1.82, 2.24) is 20.2 Å². The second-order valence-electron chi connectivity index (χ2n) is 7.73. The van der Waals surface area contributed by atoms with Crippen LogP contribution in [0, 0.1) is 0 Å². The lowest BCUT2D eigenvalue weighted by atomic mass is 10.1. The van der Waals surface area contributed by atoms with Crippen LogP contribution in [-0.2, 0) is 13.1 Å². The molecule has 1 saturated heterocycles. The molecule has 0 bridgehead atoms. The van der Waals surface area contributed by atoms with E-state index in [2.05, 4.69) is 66.5 Å². The predicted octanol–water partition coefficient (Wildman–Crippen LogP) is 2.88. The van der Waals surface area contributed by atoms with Gasteiger partial charge in [-0.15, -0.1) is 0 Å². The summed E-state index contributed by atoms with van der Waals surface area (Å²) >= 11 is 0. The molecule has 162 valence electrons. The van der Waals surface area contributed by atoms with Gasteiger partial charge in [0.15, 0.2) is 5.96 Å². The number of anilines is 1. The number of aromatic nitrogens is 2. The van der Waals surface area contributed by atoms with Gasteiger partial charge in [0, 0.05) is 51.7 Å². The Kier molecular flexibility index (Phi) is 6.72. The molecular weight excluding hydrogens is 388 g/mol. The summed E-state index contributed by atoms with van der Waals surface area (Å²) < 4.78 is 7.58. The molecule has 1 aliphatic rings. The van der Waals surface area contributed by atoms with Crippen molar-refractivity contribution in [2.45, 2.75) is 25.6 Å². The van der Waals surface area contributed by atoms with E-state index in [9.17, 15) is 0 Å². The van der Waals surface area contributed by atoms with E-state index in [1.807, 2.05) is 31.7 Å². The first-order valence-electron chi connectivity index (χ1n) is 10.6. The maximum Gasteiger partial charge on any atom is 0.191 e. The molecule has 1 aliphatic heterocycles. The van der Waals surface area contributed by atoms with E-state index in [1.54, 1.807) is 13.3 Å². The van der Waals surface area contributed by atoms with E-state index < -0.39 is 0 Å². The number of aliphatic imine (C=N–C) groups is 1. The first-order chi connectivity index (χ1) is 15.2. The molecule has 2 heterocycles. The lowest BCUT2D eigenvalue weighted by Crippen LogP contribution is -2.44. The zero-order valence-corrected chi connectivity index (χ0v) is 18.2. The Morgan fingerprint density at radius 1 is 1.16 bits per heavy atom. The van der Waals surface area contributed by atoms with Crippen LogP contribution in [0.2, 0.25) is 0 Å². The summed E-state index contributed by atoms with van der Waals surface area (Å²) in [4.78, 5) is 10.9. The minimum absolute atomic E-state index is 0.341. The fraction of sp³-hybridized carbons (Fsp3) is 0.333. The van der Waals surface area contributed by atoms with Crippen molar-refractivity contribution in [3.63, 3.8) is 0 Å². The van der Waals surface area contributed by atoms with Gasteiger partial charge in [0.05, 0.1) is 19.1 Å². The van der Waals surface area contributed by atoms with Gasteiger partial charge in [-0.1, -0.05) is 36.4 Å². The summed E-state index contributed by atoms with van der Waals surface area (Å²) in [5.74, 6) is 1.75. The molecule has 0 spiro atoms. The summed E-state index contributed by atoms with van der Waals surface area (Å²) in [7, 11) is 3.54. The Hall–Kier alpha value is -3.48. The molecule has 2 aromatic carbocycles. The molecule has 0 radical (unpaired) electrons. The fourth-order valence-corrected chi connectivity index (χ4v) is 3.92. The Bertz CT molecular complexity index is 984. The average Bonchev–Trinajstić information content (AvgIpc) is 3.50. The number of benzene rings is 2. The number of nitrogens with zero attached hydrogens (tertiary/aromatic N) is 4. The van der Waals surface area contributed by atoms with Crippen molar-refractivity contribution in [3.05, 3.63) is 78.4 Å². The van der Waals surface area contributed by atoms with E-state index in [0.29, 0.717) is 6.04 Å². The largest absolute Gasteiger partial charge is 0.495 e. The minimum atomic E-state index is 0.341. The molecule has 3 aromatic rings. The van der Waals surface area contributed by atoms with Crippen molar-refractivity contribution < 1.29 is 4.74 Å². The molecule has 2 N–H and O–H groups in total. The third-order valence-corrected chi connectivity index (χ3v) is 5.59. The van der Waals surface area contributed by atoms with Gasteiger partial charge in [0.1, 0.15) is 5.75 Å². The maximum absolute atomic E-state index is 5.52. The van der Waals surface area contributed by atoms with E-state index in [-0.39, 0.29) is 0 Å². The summed E-state index contributed by atoms with van der Waals surface area (Å²) in [5, 5.41) is 7.00. The van der Waals surface area contributed by atoms with Gasteiger partial charge in [0.25, 0.3) is 0 Å². The van der Waals surface area contributed by atoms with Gasteiger partial charge in [0.2, 0.25) is 0 Å². The molecule has 0 aliphatic carbocycles. The molecule has 1 aromatic heterocycles. The highest BCUT2D eigenvalue weighted by Gasteiger charge is 2.25. The van der Waals surface area contributed by atoms with Crippen molar-refractivity contribution in [2.24, 2.45) is 4.99 Å². The highest BCUT2D eigenvalue weighted by Crippen LogP contribution is 2.30. The second kappa shape index (κ2) is 10.0. The number of nitrogens with one attached hydrogen (secondary N) is 2. The standard InChI is InChI=1S/C24H30N6O/c1-25-24(27-15-19-7-9-20(10-8-19)16-29-14-12-26-18-29)28-21-11-13-30(17-21)22-5-3-4-6-23(22)31-2/h3-10,12,14,18,21H,11,13,15-17H2,1-2H3,(H2,25,27,28). The summed E-state index contributed by atoms with van der Waals surface area (Å²) in [6.45, 7) is 3.48. The Morgan fingerprint density at radius 2 is 1.97 bits per heavy atom. The quantitative estimate of drug-likeness (QED) is 0.456. The highest BCUT2D eigenvalue weighted by atomic mass is 16.5. The molecule has 1 unspecified atom stereocenters. The third kappa shape index (κ3) is 5.36. The lowest BCUT2D eigenvalue weighted by molar-refractivity contribution is 0.415. The molecule has 31 heavy (non-hydrogen) atoms. The van der Waals surface area contributed by atoms with E-state index in [1.165, 1.54) is 11.1 Å². The van der Waals surface area contributed by atoms with Crippen molar-refractivity contribution >= 4 is 11.6 Å². The molecule has 1 fully saturated rings. The number of hydrogen-bond acceptors (Lipinski definition) is 4. The van der Waals surface area contributed by atoms with Crippen molar-refractivity contribution in [1.29, 1.82) is 0 Å². The van der Waals surface area contributed by atoms with Gasteiger partial charge in [-0.05, 0) is 29.7 Å². The molecule has 7 heteroatoms. The molecule has 4 rings (SSSR count). The number of para-hydroxylation sites is 2. The molecular formula is C24H30N6O. The van der Waals surface area contributed by atoms with Crippen molar-refractivity contribution in [2.75, 3.05) is 32.1 Å². The van der Waals surface area contributed by atoms with Crippen LogP contribution in [0.25, 0.3) is 0 Å². The Morgan fingerprint density at radius 3 is 2.71 bits per heavy atom. The highest BCUT2D eigenvalue weighted by molar-refractivity contribution is 5.80. The van der Waals surface area contributed by atoms with Crippen LogP contribution in [-0.4, -0.2) is 48.8 Å². The number of imidazole rings is 1. The number of rotatable bonds is 7. The SMILES string of the molecule is CN=C(NCc1ccc(Cn2ccnc2)cc1)NC1CCN(c2ccccc2OC)C1. The van der Waals surface area contributed by atoms with Crippen LogP contribution in [0.4, 0.5) is 5.69 Å².